The zero-order valence-corrected chi connectivity index (χ0v) is 17.3. The first kappa shape index (κ1) is 21.6. The summed E-state index contributed by atoms with van der Waals surface area (Å²) < 4.78 is 10.2. The summed E-state index contributed by atoms with van der Waals surface area (Å²) in [6, 6.07) is 13.4. The van der Waals surface area contributed by atoms with Crippen LogP contribution in [0.25, 0.3) is 0 Å². The van der Waals surface area contributed by atoms with Crippen molar-refractivity contribution in [2.75, 3.05) is 27.3 Å². The highest BCUT2D eigenvalue weighted by Crippen LogP contribution is 2.27. The maximum Gasteiger partial charge on any atom is 0.333 e. The maximum absolute atomic E-state index is 12.8. The number of benzene rings is 2. The van der Waals surface area contributed by atoms with E-state index in [0.29, 0.717) is 30.7 Å². The van der Waals surface area contributed by atoms with Crippen molar-refractivity contribution in [2.24, 2.45) is 5.92 Å². The van der Waals surface area contributed by atoms with Crippen molar-refractivity contribution in [3.05, 3.63) is 59.7 Å². The zero-order valence-electron chi connectivity index (χ0n) is 17.3. The van der Waals surface area contributed by atoms with Gasteiger partial charge in [0.05, 0.1) is 14.2 Å². The molecule has 1 heterocycles. The van der Waals surface area contributed by atoms with Crippen LogP contribution in [0.1, 0.15) is 30.0 Å². The highest BCUT2D eigenvalue weighted by molar-refractivity contribution is 5.86. The molecule has 1 amide bonds. The number of rotatable bonds is 7. The fraction of sp³-hybridized carbons (Fsp3) is 0.391. The molecule has 2 aromatic rings. The van der Waals surface area contributed by atoms with Gasteiger partial charge in [-0.05, 0) is 37.6 Å². The number of carbonyl (C=O) groups excluding carboxylic acids is 2. The molecule has 160 valence electrons. The van der Waals surface area contributed by atoms with Crippen molar-refractivity contribution in [1.82, 2.24) is 10.2 Å². The molecule has 1 aliphatic heterocycles. The third-order valence-electron chi connectivity index (χ3n) is 5.48. The summed E-state index contributed by atoms with van der Waals surface area (Å²) in [5.41, 5.74) is 1.70. The van der Waals surface area contributed by atoms with Crippen molar-refractivity contribution in [3.63, 3.8) is 0 Å². The second kappa shape index (κ2) is 10.1. The van der Waals surface area contributed by atoms with Crippen LogP contribution in [0.15, 0.2) is 48.5 Å². The van der Waals surface area contributed by atoms with Gasteiger partial charge in [-0.15, -0.1) is 0 Å². The molecule has 1 saturated heterocycles. The third-order valence-corrected chi connectivity index (χ3v) is 5.48. The van der Waals surface area contributed by atoms with Crippen LogP contribution in [0.5, 0.6) is 11.5 Å². The van der Waals surface area contributed by atoms with Crippen LogP contribution in [-0.4, -0.2) is 49.2 Å². The third kappa shape index (κ3) is 5.30. The lowest BCUT2D eigenvalue weighted by molar-refractivity contribution is -0.146. The summed E-state index contributed by atoms with van der Waals surface area (Å²) in [7, 11) is 2.90. The van der Waals surface area contributed by atoms with E-state index in [9.17, 15) is 14.7 Å². The van der Waals surface area contributed by atoms with Crippen LogP contribution in [0, 0.1) is 5.92 Å². The largest absolute Gasteiger partial charge is 0.508 e. The average Bonchev–Trinajstić information content (AvgIpc) is 2.79. The van der Waals surface area contributed by atoms with Gasteiger partial charge in [-0.1, -0.05) is 36.4 Å². The van der Waals surface area contributed by atoms with E-state index in [4.69, 9.17) is 9.47 Å². The number of hydrogen-bond acceptors (Lipinski definition) is 6. The SMILES string of the molecule is COC(=O)C(NC(=O)C1CCN(Cc2ccc(O)cc2OC)CC1)c1ccccc1. The van der Waals surface area contributed by atoms with E-state index in [1.54, 1.807) is 31.4 Å². The van der Waals surface area contributed by atoms with E-state index in [1.165, 1.54) is 7.11 Å². The number of amides is 1. The fourth-order valence-corrected chi connectivity index (χ4v) is 3.76. The first-order chi connectivity index (χ1) is 14.5. The van der Waals surface area contributed by atoms with Gasteiger partial charge in [0, 0.05) is 24.1 Å². The minimum atomic E-state index is -0.803. The normalized spacial score (nSPS) is 15.9. The number of methoxy groups -OCH3 is 2. The van der Waals surface area contributed by atoms with Crippen molar-refractivity contribution < 1.29 is 24.2 Å². The molecular weight excluding hydrogens is 384 g/mol. The lowest BCUT2D eigenvalue weighted by Crippen LogP contribution is -2.43. The van der Waals surface area contributed by atoms with Crippen LogP contribution >= 0.6 is 0 Å². The van der Waals surface area contributed by atoms with Gasteiger partial charge in [0.2, 0.25) is 5.91 Å². The monoisotopic (exact) mass is 412 g/mol. The van der Waals surface area contributed by atoms with E-state index in [2.05, 4.69) is 10.2 Å². The van der Waals surface area contributed by atoms with Crippen LogP contribution in [0.2, 0.25) is 0 Å². The molecule has 30 heavy (non-hydrogen) atoms. The highest BCUT2D eigenvalue weighted by Gasteiger charge is 2.30. The molecule has 0 bridgehead atoms. The van der Waals surface area contributed by atoms with Crippen LogP contribution in [-0.2, 0) is 20.9 Å². The number of nitrogens with one attached hydrogen (secondary N) is 1. The molecule has 1 aliphatic rings. The van der Waals surface area contributed by atoms with Gasteiger partial charge in [-0.2, -0.15) is 0 Å². The average molecular weight is 412 g/mol. The van der Waals surface area contributed by atoms with Gasteiger partial charge >= 0.3 is 5.97 Å². The summed E-state index contributed by atoms with van der Waals surface area (Å²) in [4.78, 5) is 27.3. The van der Waals surface area contributed by atoms with Crippen molar-refractivity contribution >= 4 is 11.9 Å². The molecule has 0 spiro atoms. The standard InChI is InChI=1S/C23H28N2O5/c1-29-20-14-19(26)9-8-18(20)15-25-12-10-17(11-13-25)22(27)24-21(23(28)30-2)16-6-4-3-5-7-16/h3-9,14,17,21,26H,10-13,15H2,1-2H3,(H,24,27). The van der Waals surface area contributed by atoms with Crippen molar-refractivity contribution in [3.8, 4) is 11.5 Å². The van der Waals surface area contributed by atoms with Crippen molar-refractivity contribution in [1.29, 1.82) is 0 Å². The molecule has 0 aromatic heterocycles. The molecule has 0 saturated carbocycles. The number of nitrogens with zero attached hydrogens (tertiary/aromatic N) is 1. The number of likely N-dealkylation sites (tertiary alicyclic amines) is 1. The Labute approximate surface area is 176 Å². The van der Waals surface area contributed by atoms with E-state index in [0.717, 1.165) is 18.7 Å². The summed E-state index contributed by atoms with van der Waals surface area (Å²) in [5.74, 6) is 0.0598. The van der Waals surface area contributed by atoms with Crippen molar-refractivity contribution in [2.45, 2.75) is 25.4 Å². The first-order valence-corrected chi connectivity index (χ1v) is 10.0. The Kier molecular flexibility index (Phi) is 7.30. The molecule has 7 nitrogen and oxygen atoms in total. The molecule has 0 aliphatic carbocycles. The topological polar surface area (TPSA) is 88.1 Å². The van der Waals surface area contributed by atoms with Crippen LogP contribution in [0.3, 0.4) is 0 Å². The number of ether oxygens (including phenoxy) is 2. The molecule has 1 unspecified atom stereocenters. The Morgan fingerprint density at radius 1 is 1.13 bits per heavy atom. The Morgan fingerprint density at radius 3 is 2.47 bits per heavy atom. The molecule has 1 fully saturated rings. The molecular formula is C23H28N2O5. The number of aromatic hydroxyl groups is 1. The maximum atomic E-state index is 12.8. The van der Waals surface area contributed by atoms with E-state index in [-0.39, 0.29) is 17.6 Å². The van der Waals surface area contributed by atoms with E-state index in [1.807, 2.05) is 24.3 Å². The van der Waals surface area contributed by atoms with E-state index >= 15 is 0 Å². The molecule has 2 N–H and O–H groups in total. The molecule has 3 rings (SSSR count). The van der Waals surface area contributed by atoms with Crippen LogP contribution < -0.4 is 10.1 Å². The minimum absolute atomic E-state index is 0.129. The molecule has 7 heteroatoms. The summed E-state index contributed by atoms with van der Waals surface area (Å²) >= 11 is 0. The Bertz CT molecular complexity index is 863. The van der Waals surface area contributed by atoms with Gasteiger partial charge < -0.3 is 19.9 Å². The second-order valence-corrected chi connectivity index (χ2v) is 7.42. The summed E-state index contributed by atoms with van der Waals surface area (Å²) in [5, 5.41) is 12.5. The smallest absolute Gasteiger partial charge is 0.333 e. The Hall–Kier alpha value is -3.06. The second-order valence-electron chi connectivity index (χ2n) is 7.42. The number of phenolic OH excluding ortho intramolecular Hbond substituents is 1. The number of hydrogen-bond donors (Lipinski definition) is 2. The quantitative estimate of drug-likeness (QED) is 0.680. The number of esters is 1. The first-order valence-electron chi connectivity index (χ1n) is 10.0. The number of carbonyl (C=O) groups is 2. The predicted octanol–water partition coefficient (Wildman–Crippen LogP) is 2.64. The fourth-order valence-electron chi connectivity index (χ4n) is 3.76. The van der Waals surface area contributed by atoms with E-state index < -0.39 is 12.0 Å². The number of piperidine rings is 1. The van der Waals surface area contributed by atoms with Gasteiger partial charge in [0.1, 0.15) is 11.5 Å². The Morgan fingerprint density at radius 2 is 1.83 bits per heavy atom. The highest BCUT2D eigenvalue weighted by atomic mass is 16.5. The predicted molar refractivity (Wildman–Crippen MR) is 112 cm³/mol. The molecule has 2 aromatic carbocycles. The molecule has 1 atom stereocenters. The van der Waals surface area contributed by atoms with Gasteiger partial charge in [0.25, 0.3) is 0 Å². The number of phenols is 1. The summed E-state index contributed by atoms with van der Waals surface area (Å²) in [6.45, 7) is 2.21. The van der Waals surface area contributed by atoms with Gasteiger partial charge in [0.15, 0.2) is 6.04 Å². The Balaban J connectivity index is 1.57. The molecule has 0 radical (unpaired) electrons. The zero-order chi connectivity index (χ0) is 21.5. The van der Waals surface area contributed by atoms with Crippen LogP contribution in [0.4, 0.5) is 0 Å². The van der Waals surface area contributed by atoms with Gasteiger partial charge in [-0.25, -0.2) is 4.79 Å². The summed E-state index contributed by atoms with van der Waals surface area (Å²) in [6.07, 6.45) is 1.41. The van der Waals surface area contributed by atoms with Gasteiger partial charge in [-0.3, -0.25) is 9.69 Å². The lowest BCUT2D eigenvalue weighted by atomic mass is 9.94. The minimum Gasteiger partial charge on any atom is -0.508 e. The lowest BCUT2D eigenvalue weighted by Gasteiger charge is -2.32.